The van der Waals surface area contributed by atoms with Crippen molar-refractivity contribution in [3.05, 3.63) is 30.0 Å². The van der Waals surface area contributed by atoms with Crippen LogP contribution in [0.15, 0.2) is 24.3 Å². The van der Waals surface area contributed by atoms with E-state index in [2.05, 4.69) is 10.2 Å². The predicted octanol–water partition coefficient (Wildman–Crippen LogP) is 4.46. The Morgan fingerprint density at radius 3 is 2.66 bits per heavy atom. The quantitative estimate of drug-likeness (QED) is 0.617. The molecule has 1 atom stereocenters. The molecule has 2 aliphatic rings. The molecule has 8 heteroatoms. The van der Waals surface area contributed by atoms with Crippen molar-refractivity contribution in [3.8, 4) is 11.4 Å². The van der Waals surface area contributed by atoms with Gasteiger partial charge in [0, 0.05) is 19.1 Å². The lowest BCUT2D eigenvalue weighted by Gasteiger charge is -2.33. The fourth-order valence-corrected chi connectivity index (χ4v) is 5.91. The molecular formula is C24H31N5O2S. The maximum atomic E-state index is 12.9. The van der Waals surface area contributed by atoms with Gasteiger partial charge in [-0.25, -0.2) is 4.68 Å². The molecule has 1 N–H and O–H groups in total. The number of nitrogens with zero attached hydrogens (tertiary/aromatic N) is 4. The Bertz CT molecular complexity index is 1080. The van der Waals surface area contributed by atoms with Crippen LogP contribution in [-0.2, 0) is 4.79 Å². The number of amides is 1. The molecule has 1 aliphatic carbocycles. The molecule has 1 aromatic carbocycles. The fraction of sp³-hybridized carbons (Fsp3) is 0.542. The second kappa shape index (κ2) is 9.10. The number of nitrogens with one attached hydrogen (secondary N) is 1. The van der Waals surface area contributed by atoms with Gasteiger partial charge in [0.25, 0.3) is 0 Å². The first kappa shape index (κ1) is 21.2. The van der Waals surface area contributed by atoms with E-state index in [4.69, 9.17) is 14.8 Å². The van der Waals surface area contributed by atoms with E-state index < -0.39 is 0 Å². The molecule has 1 aliphatic heterocycles. The predicted molar refractivity (Wildman–Crippen MR) is 128 cm³/mol. The van der Waals surface area contributed by atoms with Gasteiger partial charge < -0.3 is 15.0 Å². The van der Waals surface area contributed by atoms with E-state index in [1.54, 1.807) is 18.4 Å². The molecule has 2 aromatic heterocycles. The van der Waals surface area contributed by atoms with Crippen molar-refractivity contribution in [2.24, 2.45) is 5.92 Å². The minimum atomic E-state index is 0.0388. The van der Waals surface area contributed by atoms with Gasteiger partial charge in [0.05, 0.1) is 29.1 Å². The molecule has 3 heterocycles. The van der Waals surface area contributed by atoms with E-state index in [0.29, 0.717) is 6.04 Å². The number of piperidine rings is 1. The van der Waals surface area contributed by atoms with Gasteiger partial charge in [-0.2, -0.15) is 10.1 Å². The van der Waals surface area contributed by atoms with Gasteiger partial charge in [-0.05, 0) is 56.9 Å². The van der Waals surface area contributed by atoms with Crippen molar-refractivity contribution in [3.63, 3.8) is 0 Å². The van der Waals surface area contributed by atoms with Crippen molar-refractivity contribution in [2.75, 3.05) is 25.1 Å². The maximum absolute atomic E-state index is 12.9. The summed E-state index contributed by atoms with van der Waals surface area (Å²) in [5.74, 6) is 1.08. The number of fused-ring (bicyclic) bond motifs is 1. The third-order valence-corrected chi connectivity index (χ3v) is 7.92. The molecule has 5 rings (SSSR count). The first-order valence-electron chi connectivity index (χ1n) is 11.7. The van der Waals surface area contributed by atoms with Crippen LogP contribution >= 0.6 is 11.3 Å². The van der Waals surface area contributed by atoms with Gasteiger partial charge in [-0.1, -0.05) is 30.6 Å². The first-order chi connectivity index (χ1) is 15.6. The van der Waals surface area contributed by atoms with Crippen LogP contribution in [0.3, 0.4) is 0 Å². The van der Waals surface area contributed by atoms with Gasteiger partial charge in [-0.15, -0.1) is 0 Å². The topological polar surface area (TPSA) is 72.3 Å². The van der Waals surface area contributed by atoms with E-state index in [0.717, 1.165) is 71.4 Å². The van der Waals surface area contributed by atoms with E-state index >= 15 is 0 Å². The zero-order valence-electron chi connectivity index (χ0n) is 18.8. The molecule has 0 unspecified atom stereocenters. The third-order valence-electron chi connectivity index (χ3n) is 6.71. The minimum absolute atomic E-state index is 0.0388. The summed E-state index contributed by atoms with van der Waals surface area (Å²) in [6.07, 6.45) is 7.99. The SMILES string of the molecule is COc1ccc(-n2nc(C)c3sc(N4CCC[C@H](C(=O)NC5CCCCC5)C4)nc32)cc1. The number of benzene rings is 1. The summed E-state index contributed by atoms with van der Waals surface area (Å²) < 4.78 is 8.28. The lowest BCUT2D eigenvalue weighted by atomic mass is 9.93. The smallest absolute Gasteiger partial charge is 0.225 e. The number of methoxy groups -OCH3 is 1. The van der Waals surface area contributed by atoms with Crippen molar-refractivity contribution < 1.29 is 9.53 Å². The third kappa shape index (κ3) is 4.20. The molecule has 170 valence electrons. The zero-order valence-corrected chi connectivity index (χ0v) is 19.7. The highest BCUT2D eigenvalue weighted by Gasteiger charge is 2.29. The summed E-state index contributed by atoms with van der Waals surface area (Å²) in [6, 6.07) is 8.23. The molecule has 1 saturated heterocycles. The Morgan fingerprint density at radius 2 is 1.91 bits per heavy atom. The van der Waals surface area contributed by atoms with Crippen molar-refractivity contribution in [1.82, 2.24) is 20.1 Å². The summed E-state index contributed by atoms with van der Waals surface area (Å²) in [5, 5.41) is 9.02. The number of aryl methyl sites for hydroxylation is 1. The van der Waals surface area contributed by atoms with Crippen LogP contribution in [0.5, 0.6) is 5.75 Å². The number of aromatic nitrogens is 3. The van der Waals surface area contributed by atoms with E-state index in [-0.39, 0.29) is 11.8 Å². The highest BCUT2D eigenvalue weighted by Crippen LogP contribution is 2.34. The van der Waals surface area contributed by atoms with Gasteiger partial charge >= 0.3 is 0 Å². The first-order valence-corrected chi connectivity index (χ1v) is 12.5. The van der Waals surface area contributed by atoms with Crippen LogP contribution in [0.1, 0.15) is 50.6 Å². The summed E-state index contributed by atoms with van der Waals surface area (Å²) in [7, 11) is 1.67. The molecular weight excluding hydrogens is 422 g/mol. The summed E-state index contributed by atoms with van der Waals surface area (Å²) in [5.41, 5.74) is 2.81. The van der Waals surface area contributed by atoms with Crippen molar-refractivity contribution in [2.45, 2.75) is 57.9 Å². The van der Waals surface area contributed by atoms with Crippen LogP contribution in [-0.4, -0.2) is 46.9 Å². The molecule has 0 bridgehead atoms. The zero-order chi connectivity index (χ0) is 22.1. The Labute approximate surface area is 192 Å². The fourth-order valence-electron chi connectivity index (χ4n) is 4.89. The van der Waals surface area contributed by atoms with Gasteiger partial charge in [0.2, 0.25) is 5.91 Å². The summed E-state index contributed by atoms with van der Waals surface area (Å²) in [4.78, 5) is 20.2. The number of hydrogen-bond acceptors (Lipinski definition) is 6. The molecule has 2 fully saturated rings. The van der Waals surface area contributed by atoms with Crippen LogP contribution in [0.25, 0.3) is 16.0 Å². The Balaban J connectivity index is 1.34. The molecule has 7 nitrogen and oxygen atoms in total. The molecule has 0 radical (unpaired) electrons. The monoisotopic (exact) mass is 453 g/mol. The average molecular weight is 454 g/mol. The van der Waals surface area contributed by atoms with E-state index in [1.165, 1.54) is 19.3 Å². The molecule has 1 amide bonds. The largest absolute Gasteiger partial charge is 0.497 e. The number of carbonyl (C=O) groups is 1. The number of thiazole rings is 1. The Morgan fingerprint density at radius 1 is 1.12 bits per heavy atom. The average Bonchev–Trinajstić information content (AvgIpc) is 3.40. The number of anilines is 1. The maximum Gasteiger partial charge on any atom is 0.225 e. The highest BCUT2D eigenvalue weighted by atomic mass is 32.1. The van der Waals surface area contributed by atoms with Crippen LogP contribution in [0.2, 0.25) is 0 Å². The lowest BCUT2D eigenvalue weighted by Crippen LogP contribution is -2.46. The lowest BCUT2D eigenvalue weighted by molar-refractivity contribution is -0.126. The van der Waals surface area contributed by atoms with Crippen molar-refractivity contribution in [1.29, 1.82) is 0 Å². The van der Waals surface area contributed by atoms with Crippen molar-refractivity contribution >= 4 is 32.7 Å². The van der Waals surface area contributed by atoms with Crippen LogP contribution in [0.4, 0.5) is 5.13 Å². The second-order valence-corrected chi connectivity index (χ2v) is 9.95. The van der Waals surface area contributed by atoms with Gasteiger partial charge in [-0.3, -0.25) is 4.79 Å². The number of carbonyl (C=O) groups excluding carboxylic acids is 1. The summed E-state index contributed by atoms with van der Waals surface area (Å²) in [6.45, 7) is 3.71. The van der Waals surface area contributed by atoms with Gasteiger partial charge in [0.15, 0.2) is 10.8 Å². The number of ether oxygens (including phenoxy) is 1. The number of hydrogen-bond donors (Lipinski definition) is 1. The van der Waals surface area contributed by atoms with Gasteiger partial charge in [0.1, 0.15) is 5.75 Å². The standard InChI is InChI=1S/C24H31N5O2S/c1-16-21-22(29(27-16)19-10-12-20(31-2)13-11-19)26-24(32-21)28-14-6-7-17(15-28)23(30)25-18-8-4-3-5-9-18/h10-13,17-18H,3-9,14-15H2,1-2H3,(H,25,30)/t17-/m0/s1. The Kier molecular flexibility index (Phi) is 6.04. The molecule has 1 saturated carbocycles. The Hall–Kier alpha value is -2.61. The molecule has 32 heavy (non-hydrogen) atoms. The highest BCUT2D eigenvalue weighted by molar-refractivity contribution is 7.22. The van der Waals surface area contributed by atoms with E-state index in [1.807, 2.05) is 35.9 Å². The van der Waals surface area contributed by atoms with Crippen LogP contribution < -0.4 is 15.0 Å². The number of rotatable bonds is 5. The summed E-state index contributed by atoms with van der Waals surface area (Å²) >= 11 is 1.68. The second-order valence-electron chi connectivity index (χ2n) is 8.97. The molecule has 0 spiro atoms. The normalized spacial score (nSPS) is 19.9. The minimum Gasteiger partial charge on any atom is -0.497 e. The van der Waals surface area contributed by atoms with E-state index in [9.17, 15) is 4.79 Å². The molecule has 3 aromatic rings. The van der Waals surface area contributed by atoms with Crippen LogP contribution in [0, 0.1) is 12.8 Å².